The third-order valence-corrected chi connectivity index (χ3v) is 7.66. The van der Waals surface area contributed by atoms with Gasteiger partial charge in [-0.05, 0) is 43.7 Å². The molecule has 0 spiro atoms. The van der Waals surface area contributed by atoms with Crippen LogP contribution >= 0.6 is 0 Å². The fourth-order valence-corrected chi connectivity index (χ4v) is 5.94. The number of anilines is 1. The maximum Gasteiger partial charge on any atom is 0.325 e. The number of sulfone groups is 1. The molecule has 174 valence electrons. The van der Waals surface area contributed by atoms with E-state index in [-0.39, 0.29) is 23.5 Å². The van der Waals surface area contributed by atoms with Crippen molar-refractivity contribution < 1.29 is 31.6 Å². The van der Waals surface area contributed by atoms with Crippen molar-refractivity contribution in [2.75, 3.05) is 23.0 Å². The molecule has 2 aromatic rings. The van der Waals surface area contributed by atoms with E-state index in [4.69, 9.17) is 0 Å². The van der Waals surface area contributed by atoms with Gasteiger partial charge in [0.2, 0.25) is 5.91 Å². The first kappa shape index (κ1) is 22.8. The van der Waals surface area contributed by atoms with Crippen molar-refractivity contribution in [3.63, 3.8) is 0 Å². The predicted octanol–water partition coefficient (Wildman–Crippen LogP) is 1.95. The molecule has 0 radical (unpaired) electrons. The summed E-state index contributed by atoms with van der Waals surface area (Å²) in [6, 6.07) is 9.30. The number of para-hydroxylation sites is 1. The molecule has 8 nitrogen and oxygen atoms in total. The molecule has 0 aromatic heterocycles. The molecule has 2 heterocycles. The van der Waals surface area contributed by atoms with Crippen LogP contribution in [0.25, 0.3) is 0 Å². The minimum absolute atomic E-state index is 0.0751. The summed E-state index contributed by atoms with van der Waals surface area (Å²) in [5, 5.41) is 2.35. The van der Waals surface area contributed by atoms with Crippen molar-refractivity contribution in [3.05, 3.63) is 65.7 Å². The van der Waals surface area contributed by atoms with Crippen molar-refractivity contribution in [3.8, 4) is 0 Å². The summed E-state index contributed by atoms with van der Waals surface area (Å²) in [6.45, 7) is 0.538. The Kier molecular flexibility index (Phi) is 5.69. The van der Waals surface area contributed by atoms with Crippen LogP contribution in [0.2, 0.25) is 0 Å². The molecule has 2 aromatic carbocycles. The number of halogens is 2. The van der Waals surface area contributed by atoms with Crippen LogP contribution in [0.3, 0.4) is 0 Å². The van der Waals surface area contributed by atoms with Crippen LogP contribution in [-0.4, -0.2) is 55.3 Å². The Morgan fingerprint density at radius 1 is 1.18 bits per heavy atom. The normalized spacial score (nSPS) is 24.1. The van der Waals surface area contributed by atoms with Gasteiger partial charge in [-0.1, -0.05) is 18.2 Å². The summed E-state index contributed by atoms with van der Waals surface area (Å²) >= 11 is 0. The number of nitrogens with one attached hydrogen (secondary N) is 1. The van der Waals surface area contributed by atoms with Gasteiger partial charge in [-0.25, -0.2) is 22.0 Å². The molecule has 0 bridgehead atoms. The molecular formula is C22H21F2N3O5S. The van der Waals surface area contributed by atoms with E-state index in [2.05, 4.69) is 5.32 Å². The van der Waals surface area contributed by atoms with Gasteiger partial charge in [-0.3, -0.25) is 14.5 Å². The maximum absolute atomic E-state index is 14.4. The van der Waals surface area contributed by atoms with E-state index in [1.54, 1.807) is 30.3 Å². The molecule has 2 fully saturated rings. The molecule has 1 N–H and O–H groups in total. The second-order valence-corrected chi connectivity index (χ2v) is 10.5. The van der Waals surface area contributed by atoms with E-state index in [0.29, 0.717) is 10.6 Å². The zero-order valence-corrected chi connectivity index (χ0v) is 18.4. The minimum Gasteiger partial charge on any atom is -0.319 e. The van der Waals surface area contributed by atoms with Gasteiger partial charge in [-0.2, -0.15) is 0 Å². The first-order valence-electron chi connectivity index (χ1n) is 10.2. The first-order valence-corrected chi connectivity index (χ1v) is 12.0. The van der Waals surface area contributed by atoms with Gasteiger partial charge in [0.25, 0.3) is 5.91 Å². The predicted molar refractivity (Wildman–Crippen MR) is 115 cm³/mol. The average molecular weight is 477 g/mol. The average Bonchev–Trinajstić information content (AvgIpc) is 3.22. The Hall–Kier alpha value is -3.34. The van der Waals surface area contributed by atoms with Crippen molar-refractivity contribution >= 4 is 33.4 Å². The molecule has 0 aliphatic carbocycles. The number of imide groups is 1. The van der Waals surface area contributed by atoms with E-state index in [0.717, 1.165) is 18.2 Å². The highest BCUT2D eigenvalue weighted by atomic mass is 32.2. The van der Waals surface area contributed by atoms with E-state index in [9.17, 15) is 31.6 Å². The fraction of sp³-hybridized carbons (Fsp3) is 0.318. The smallest absolute Gasteiger partial charge is 0.319 e. The second-order valence-electron chi connectivity index (χ2n) is 8.23. The number of carbonyl (C=O) groups is 3. The Morgan fingerprint density at radius 2 is 1.88 bits per heavy atom. The summed E-state index contributed by atoms with van der Waals surface area (Å²) in [4.78, 5) is 40.9. The highest BCUT2D eigenvalue weighted by Crippen LogP contribution is 2.32. The van der Waals surface area contributed by atoms with Crippen LogP contribution in [0.15, 0.2) is 48.5 Å². The summed E-state index contributed by atoms with van der Waals surface area (Å²) in [6.07, 6.45) is 0.218. The zero-order valence-electron chi connectivity index (χ0n) is 17.6. The van der Waals surface area contributed by atoms with Gasteiger partial charge in [0, 0.05) is 11.3 Å². The molecule has 0 unspecified atom stereocenters. The Morgan fingerprint density at radius 3 is 2.52 bits per heavy atom. The topological polar surface area (TPSA) is 104 Å². The number of carbonyl (C=O) groups excluding carboxylic acids is 3. The summed E-state index contributed by atoms with van der Waals surface area (Å²) < 4.78 is 52.1. The van der Waals surface area contributed by atoms with E-state index >= 15 is 0 Å². The van der Waals surface area contributed by atoms with Gasteiger partial charge in [0.1, 0.15) is 23.7 Å². The number of nitrogens with zero attached hydrogens (tertiary/aromatic N) is 2. The Labute approximate surface area is 189 Å². The molecule has 33 heavy (non-hydrogen) atoms. The highest BCUT2D eigenvalue weighted by Gasteiger charge is 2.51. The van der Waals surface area contributed by atoms with Crippen molar-refractivity contribution in [1.29, 1.82) is 0 Å². The van der Waals surface area contributed by atoms with Crippen LogP contribution in [0.5, 0.6) is 0 Å². The molecule has 2 atom stereocenters. The van der Waals surface area contributed by atoms with Gasteiger partial charge in [0.05, 0.1) is 17.5 Å². The lowest BCUT2D eigenvalue weighted by Crippen LogP contribution is -2.48. The number of benzene rings is 2. The molecule has 2 saturated heterocycles. The van der Waals surface area contributed by atoms with Crippen molar-refractivity contribution in [2.45, 2.75) is 24.9 Å². The van der Waals surface area contributed by atoms with E-state index < -0.39 is 57.4 Å². The van der Waals surface area contributed by atoms with E-state index in [1.165, 1.54) is 11.8 Å². The van der Waals surface area contributed by atoms with Gasteiger partial charge < -0.3 is 10.2 Å². The zero-order chi connectivity index (χ0) is 24.0. The summed E-state index contributed by atoms with van der Waals surface area (Å²) in [5.41, 5.74) is -1.84. The van der Waals surface area contributed by atoms with Gasteiger partial charge >= 0.3 is 6.03 Å². The maximum atomic E-state index is 14.4. The first-order chi connectivity index (χ1) is 15.5. The largest absolute Gasteiger partial charge is 0.325 e. The van der Waals surface area contributed by atoms with Crippen LogP contribution < -0.4 is 10.2 Å². The lowest BCUT2D eigenvalue weighted by molar-refractivity contribution is -0.134. The number of rotatable bonds is 5. The molecule has 4 amide bonds. The number of amides is 4. The molecule has 11 heteroatoms. The standard InChI is InChI=1S/C22H21F2N3O5S/c1-22(17-11-14(23)7-8-18(17)24)20(29)26(21(30)25-22)12-19(28)27(15-5-3-2-4-6-15)16-9-10-33(31,32)13-16/h2-8,11,16H,9-10,12-13H2,1H3,(H,25,30)/t16-,22-/m1/s1. The SMILES string of the molecule is C[C@]1(c2cc(F)ccc2F)NC(=O)N(CC(=O)N(c2ccccc2)[C@@H]2CCS(=O)(=O)C2)C1=O. The molecule has 4 rings (SSSR count). The number of hydrogen-bond acceptors (Lipinski definition) is 5. The summed E-state index contributed by atoms with van der Waals surface area (Å²) in [5.74, 6) is -3.58. The third-order valence-electron chi connectivity index (χ3n) is 5.91. The van der Waals surface area contributed by atoms with Crippen molar-refractivity contribution in [1.82, 2.24) is 10.2 Å². The Bertz CT molecular complexity index is 1240. The van der Waals surface area contributed by atoms with Gasteiger partial charge in [-0.15, -0.1) is 0 Å². The molecule has 0 saturated carbocycles. The van der Waals surface area contributed by atoms with Crippen LogP contribution in [0, 0.1) is 11.6 Å². The Balaban J connectivity index is 1.63. The monoisotopic (exact) mass is 477 g/mol. The molecular weight excluding hydrogens is 456 g/mol. The van der Waals surface area contributed by atoms with Crippen LogP contribution in [-0.2, 0) is 25.0 Å². The minimum atomic E-state index is -3.33. The number of urea groups is 1. The fourth-order valence-electron chi connectivity index (χ4n) is 4.24. The lowest BCUT2D eigenvalue weighted by atomic mass is 9.91. The van der Waals surface area contributed by atoms with Crippen LogP contribution in [0.4, 0.5) is 19.3 Å². The third kappa shape index (κ3) is 4.20. The van der Waals surface area contributed by atoms with Crippen molar-refractivity contribution in [2.24, 2.45) is 0 Å². The second kappa shape index (κ2) is 8.22. The quantitative estimate of drug-likeness (QED) is 0.663. The molecule has 2 aliphatic rings. The lowest BCUT2D eigenvalue weighted by Gasteiger charge is -2.30. The van der Waals surface area contributed by atoms with E-state index in [1.807, 2.05) is 0 Å². The summed E-state index contributed by atoms with van der Waals surface area (Å²) in [7, 11) is -3.33. The number of hydrogen-bond donors (Lipinski definition) is 1. The molecule has 2 aliphatic heterocycles. The van der Waals surface area contributed by atoms with Gasteiger partial charge in [0.15, 0.2) is 9.84 Å². The highest BCUT2D eigenvalue weighted by molar-refractivity contribution is 7.91. The van der Waals surface area contributed by atoms with Crippen LogP contribution in [0.1, 0.15) is 18.9 Å².